The molecule has 2 aromatic rings. The lowest BCUT2D eigenvalue weighted by Crippen LogP contribution is -2.52. The van der Waals surface area contributed by atoms with Gasteiger partial charge in [0.1, 0.15) is 6.04 Å². The van der Waals surface area contributed by atoms with Gasteiger partial charge in [0.15, 0.2) is 11.5 Å². The molecular formula is C22H26F2N2O5S. The van der Waals surface area contributed by atoms with Gasteiger partial charge in [-0.2, -0.15) is 13.1 Å². The Bertz CT molecular complexity index is 1020. The lowest BCUT2D eigenvalue weighted by atomic mass is 10.0. The molecule has 1 amide bonds. The number of nitrogens with one attached hydrogen (secondary N) is 1. The summed E-state index contributed by atoms with van der Waals surface area (Å²) >= 11 is 0. The van der Waals surface area contributed by atoms with Gasteiger partial charge in [-0.15, -0.1) is 0 Å². The van der Waals surface area contributed by atoms with E-state index in [1.54, 1.807) is 24.3 Å². The highest BCUT2D eigenvalue weighted by molar-refractivity contribution is 7.89. The summed E-state index contributed by atoms with van der Waals surface area (Å²) in [6, 6.07) is 11.9. The number of carbonyl (C=O) groups is 1. The number of amides is 1. The highest BCUT2D eigenvalue weighted by Crippen LogP contribution is 2.30. The molecule has 3 rings (SSSR count). The normalized spacial score (nSPS) is 17.2. The molecule has 0 radical (unpaired) electrons. The van der Waals surface area contributed by atoms with Gasteiger partial charge in [-0.25, -0.2) is 8.42 Å². The largest absolute Gasteiger partial charge is 0.493 e. The van der Waals surface area contributed by atoms with Gasteiger partial charge in [-0.3, -0.25) is 4.79 Å². The van der Waals surface area contributed by atoms with Crippen molar-refractivity contribution in [3.05, 3.63) is 54.1 Å². The minimum atomic E-state index is -3.79. The Morgan fingerprint density at radius 3 is 2.59 bits per heavy atom. The zero-order valence-corrected chi connectivity index (χ0v) is 18.5. The van der Waals surface area contributed by atoms with Gasteiger partial charge in [-0.1, -0.05) is 30.7 Å². The highest BCUT2D eigenvalue weighted by Gasteiger charge is 2.37. The van der Waals surface area contributed by atoms with E-state index in [1.165, 1.54) is 35.7 Å². The summed E-state index contributed by atoms with van der Waals surface area (Å²) < 4.78 is 62.0. The Morgan fingerprint density at radius 1 is 1.16 bits per heavy atom. The summed E-state index contributed by atoms with van der Waals surface area (Å²) in [5, 5.41) is 2.78. The van der Waals surface area contributed by atoms with E-state index >= 15 is 0 Å². The van der Waals surface area contributed by atoms with Crippen LogP contribution in [0, 0.1) is 0 Å². The molecule has 0 aliphatic carbocycles. The molecule has 174 valence electrons. The Balaban J connectivity index is 1.65. The van der Waals surface area contributed by atoms with Crippen molar-refractivity contribution in [2.45, 2.75) is 43.2 Å². The van der Waals surface area contributed by atoms with Crippen molar-refractivity contribution in [1.82, 2.24) is 9.62 Å². The zero-order chi connectivity index (χ0) is 23.1. The van der Waals surface area contributed by atoms with E-state index in [1.807, 2.05) is 0 Å². The van der Waals surface area contributed by atoms with Crippen molar-refractivity contribution in [3.8, 4) is 11.5 Å². The molecule has 10 heteroatoms. The van der Waals surface area contributed by atoms with Crippen molar-refractivity contribution in [2.24, 2.45) is 0 Å². The van der Waals surface area contributed by atoms with E-state index in [9.17, 15) is 22.0 Å². The summed E-state index contributed by atoms with van der Waals surface area (Å²) in [4.78, 5) is 13.0. The number of alkyl halides is 2. The maximum atomic E-state index is 13.0. The van der Waals surface area contributed by atoms with Crippen molar-refractivity contribution >= 4 is 15.9 Å². The first-order chi connectivity index (χ1) is 15.3. The average molecular weight is 469 g/mol. The van der Waals surface area contributed by atoms with E-state index in [-0.39, 0.29) is 35.4 Å². The van der Waals surface area contributed by atoms with Crippen molar-refractivity contribution in [1.29, 1.82) is 0 Å². The molecule has 1 unspecified atom stereocenters. The second kappa shape index (κ2) is 10.7. The predicted molar refractivity (Wildman–Crippen MR) is 114 cm³/mol. The second-order valence-electron chi connectivity index (χ2n) is 7.35. The van der Waals surface area contributed by atoms with Gasteiger partial charge in [0.25, 0.3) is 0 Å². The van der Waals surface area contributed by atoms with Crippen LogP contribution < -0.4 is 14.8 Å². The molecule has 1 aliphatic rings. The first-order valence-corrected chi connectivity index (χ1v) is 11.7. The van der Waals surface area contributed by atoms with E-state index < -0.39 is 22.7 Å². The number of benzene rings is 2. The number of sulfonamides is 1. The fraction of sp³-hybridized carbons (Fsp3) is 0.409. The van der Waals surface area contributed by atoms with Gasteiger partial charge in [-0.05, 0) is 49.1 Å². The summed E-state index contributed by atoms with van der Waals surface area (Å²) in [5.74, 6) is -0.275. The van der Waals surface area contributed by atoms with Crippen LogP contribution in [0.1, 0.15) is 24.8 Å². The molecule has 0 aromatic heterocycles. The van der Waals surface area contributed by atoms with Crippen LogP contribution >= 0.6 is 0 Å². The zero-order valence-electron chi connectivity index (χ0n) is 17.7. The Morgan fingerprint density at radius 2 is 1.91 bits per heavy atom. The number of nitrogens with zero attached hydrogens (tertiary/aromatic N) is 1. The summed E-state index contributed by atoms with van der Waals surface area (Å²) in [7, 11) is -2.43. The smallest absolute Gasteiger partial charge is 0.387 e. The topological polar surface area (TPSA) is 84.9 Å². The summed E-state index contributed by atoms with van der Waals surface area (Å²) in [6.07, 6.45) is 2.24. The molecule has 7 nitrogen and oxygen atoms in total. The molecule has 0 spiro atoms. The second-order valence-corrected chi connectivity index (χ2v) is 9.24. The van der Waals surface area contributed by atoms with Crippen LogP contribution in [0.5, 0.6) is 11.5 Å². The number of piperidine rings is 1. The number of rotatable bonds is 9. The third-order valence-electron chi connectivity index (χ3n) is 5.26. The van der Waals surface area contributed by atoms with Crippen LogP contribution in [0.15, 0.2) is 53.4 Å². The standard InChI is InChI=1S/C22H26F2N2O5S/c1-30-19-11-10-16(15-20(19)31-22(23)24)12-13-25-21(27)18-9-5-6-14-26(18)32(28,29)17-7-3-2-4-8-17/h2-4,7-8,10-11,15,18,22H,5-6,9,12-14H2,1H3,(H,25,27). The first-order valence-electron chi connectivity index (χ1n) is 10.3. The molecule has 1 N–H and O–H groups in total. The van der Waals surface area contributed by atoms with E-state index in [4.69, 9.17) is 4.74 Å². The molecule has 1 aliphatic heterocycles. The molecule has 1 fully saturated rings. The molecule has 1 heterocycles. The number of hydrogen-bond acceptors (Lipinski definition) is 5. The van der Waals surface area contributed by atoms with Gasteiger partial charge in [0, 0.05) is 13.1 Å². The van der Waals surface area contributed by atoms with E-state index in [0.29, 0.717) is 24.8 Å². The molecule has 1 atom stereocenters. The molecular weight excluding hydrogens is 442 g/mol. The number of methoxy groups -OCH3 is 1. The Hall–Kier alpha value is -2.72. The lowest BCUT2D eigenvalue weighted by molar-refractivity contribution is -0.125. The molecule has 0 saturated carbocycles. The van der Waals surface area contributed by atoms with Crippen LogP contribution in [0.2, 0.25) is 0 Å². The lowest BCUT2D eigenvalue weighted by Gasteiger charge is -2.33. The molecule has 32 heavy (non-hydrogen) atoms. The summed E-state index contributed by atoms with van der Waals surface area (Å²) in [6.45, 7) is -2.49. The molecule has 1 saturated heterocycles. The quantitative estimate of drug-likeness (QED) is 0.611. The van der Waals surface area contributed by atoms with Gasteiger partial charge in [0.05, 0.1) is 12.0 Å². The predicted octanol–water partition coefficient (Wildman–Crippen LogP) is 3.20. The number of carbonyl (C=O) groups excluding carboxylic acids is 1. The number of halogens is 2. The Labute approximate surface area is 186 Å². The van der Waals surface area contributed by atoms with Gasteiger partial charge in [0.2, 0.25) is 15.9 Å². The van der Waals surface area contributed by atoms with Crippen LogP contribution in [0.25, 0.3) is 0 Å². The maximum Gasteiger partial charge on any atom is 0.387 e. The average Bonchev–Trinajstić information content (AvgIpc) is 2.79. The van der Waals surface area contributed by atoms with Gasteiger partial charge < -0.3 is 14.8 Å². The van der Waals surface area contributed by atoms with E-state index in [2.05, 4.69) is 10.1 Å². The highest BCUT2D eigenvalue weighted by atomic mass is 32.2. The Kier molecular flexibility index (Phi) is 8.03. The minimum Gasteiger partial charge on any atom is -0.493 e. The van der Waals surface area contributed by atoms with Crippen molar-refractivity contribution < 1.29 is 31.5 Å². The van der Waals surface area contributed by atoms with Crippen LogP contribution in [0.3, 0.4) is 0 Å². The third kappa shape index (κ3) is 5.74. The van der Waals surface area contributed by atoms with Crippen molar-refractivity contribution in [2.75, 3.05) is 20.2 Å². The first kappa shape index (κ1) is 23.9. The fourth-order valence-corrected chi connectivity index (χ4v) is 5.37. The number of ether oxygens (including phenoxy) is 2. The van der Waals surface area contributed by atoms with Crippen molar-refractivity contribution in [3.63, 3.8) is 0 Å². The monoisotopic (exact) mass is 468 g/mol. The SMILES string of the molecule is COc1ccc(CCNC(=O)C2CCCCN2S(=O)(=O)c2ccccc2)cc1OC(F)F. The molecule has 0 bridgehead atoms. The summed E-state index contributed by atoms with van der Waals surface area (Å²) in [5.41, 5.74) is 0.666. The van der Waals surface area contributed by atoms with Crippen LogP contribution in [-0.4, -0.2) is 51.5 Å². The minimum absolute atomic E-state index is 0.0845. The number of hydrogen-bond donors (Lipinski definition) is 1. The third-order valence-corrected chi connectivity index (χ3v) is 7.19. The molecule has 2 aromatic carbocycles. The van der Waals surface area contributed by atoms with Gasteiger partial charge >= 0.3 is 6.61 Å². The van der Waals surface area contributed by atoms with Crippen LogP contribution in [0.4, 0.5) is 8.78 Å². The van der Waals surface area contributed by atoms with Crippen LogP contribution in [-0.2, 0) is 21.2 Å². The maximum absolute atomic E-state index is 13.0. The fourth-order valence-electron chi connectivity index (χ4n) is 3.70. The van der Waals surface area contributed by atoms with E-state index in [0.717, 1.165) is 6.42 Å².